The Hall–Kier alpha value is -8.22. The number of methoxy groups -OCH3 is 2. The third-order valence-electron chi connectivity index (χ3n) is 9.08. The van der Waals surface area contributed by atoms with Gasteiger partial charge in [-0.1, -0.05) is 24.3 Å². The Morgan fingerprint density at radius 3 is 1.34 bits per heavy atom. The first-order valence-corrected chi connectivity index (χ1v) is 18.2. The monoisotopic (exact) mass is 887 g/mol. The van der Waals surface area contributed by atoms with Crippen LogP contribution >= 0.6 is 0 Å². The van der Waals surface area contributed by atoms with Gasteiger partial charge < -0.3 is 22.7 Å². The van der Waals surface area contributed by atoms with Crippen molar-refractivity contribution >= 4 is 32.7 Å². The van der Waals surface area contributed by atoms with Gasteiger partial charge in [0, 0.05) is 0 Å². The van der Waals surface area contributed by atoms with Crippen molar-refractivity contribution in [2.24, 2.45) is 0 Å². The third-order valence-corrected chi connectivity index (χ3v) is 9.08. The molecule has 0 bridgehead atoms. The molecular formula is C45H25F8N3O8. The molecule has 0 saturated carbocycles. The van der Waals surface area contributed by atoms with Gasteiger partial charge in [0.05, 0.1) is 58.1 Å². The van der Waals surface area contributed by atoms with Gasteiger partial charge in [0.15, 0.2) is 0 Å². The van der Waals surface area contributed by atoms with Crippen LogP contribution in [0.4, 0.5) is 35.1 Å². The van der Waals surface area contributed by atoms with E-state index in [4.69, 9.17) is 22.7 Å². The summed E-state index contributed by atoms with van der Waals surface area (Å²) < 4.78 is 132. The SMILES string of the molecule is COc1ccc2nc(-c3c(F)cccc3F)oc(=O)c2c1.COc1ccc2nc(-c3ccccc3F)oc(=O)c2c1.O=c1oc(-c2c(F)cccc2F)nc2cc(C(F)(F)F)ccc12. The Morgan fingerprint density at radius 2 is 0.875 bits per heavy atom. The summed E-state index contributed by atoms with van der Waals surface area (Å²) >= 11 is 0. The fraction of sp³-hybridized carbons (Fsp3) is 0.0667. The van der Waals surface area contributed by atoms with Gasteiger partial charge in [-0.3, -0.25) is 0 Å². The summed E-state index contributed by atoms with van der Waals surface area (Å²) in [5.41, 5.74) is -4.09. The quantitative estimate of drug-likeness (QED) is 0.152. The summed E-state index contributed by atoms with van der Waals surface area (Å²) in [7, 11) is 2.96. The van der Waals surface area contributed by atoms with Crippen LogP contribution in [0.25, 0.3) is 67.1 Å². The van der Waals surface area contributed by atoms with E-state index in [0.717, 1.165) is 36.4 Å². The average Bonchev–Trinajstić information content (AvgIpc) is 3.26. The van der Waals surface area contributed by atoms with Crippen LogP contribution in [0.5, 0.6) is 11.5 Å². The van der Waals surface area contributed by atoms with Crippen LogP contribution in [0.15, 0.2) is 143 Å². The summed E-state index contributed by atoms with van der Waals surface area (Å²) in [5, 5.41) is 0.248. The van der Waals surface area contributed by atoms with Crippen LogP contribution in [0.3, 0.4) is 0 Å². The molecule has 324 valence electrons. The lowest BCUT2D eigenvalue weighted by Gasteiger charge is -2.08. The molecule has 3 aromatic heterocycles. The molecule has 0 aliphatic rings. The first-order chi connectivity index (χ1) is 30.6. The molecule has 9 aromatic rings. The minimum atomic E-state index is -4.64. The lowest BCUT2D eigenvalue weighted by molar-refractivity contribution is -0.137. The van der Waals surface area contributed by atoms with Gasteiger partial charge in [0.1, 0.15) is 51.7 Å². The largest absolute Gasteiger partial charge is 0.497 e. The predicted molar refractivity (Wildman–Crippen MR) is 215 cm³/mol. The maximum Gasteiger partial charge on any atom is 0.416 e. The minimum absolute atomic E-state index is 0.0363. The van der Waals surface area contributed by atoms with Crippen molar-refractivity contribution in [3.63, 3.8) is 0 Å². The number of aromatic nitrogens is 3. The van der Waals surface area contributed by atoms with Gasteiger partial charge in [-0.2, -0.15) is 13.2 Å². The summed E-state index contributed by atoms with van der Waals surface area (Å²) in [6.45, 7) is 0. The molecule has 0 unspecified atom stereocenters. The van der Waals surface area contributed by atoms with Crippen molar-refractivity contribution in [1.29, 1.82) is 0 Å². The van der Waals surface area contributed by atoms with Crippen molar-refractivity contribution in [1.82, 2.24) is 15.0 Å². The van der Waals surface area contributed by atoms with Gasteiger partial charge in [0.25, 0.3) is 0 Å². The van der Waals surface area contributed by atoms with Crippen molar-refractivity contribution in [2.75, 3.05) is 14.2 Å². The van der Waals surface area contributed by atoms with Crippen LogP contribution < -0.4 is 26.4 Å². The van der Waals surface area contributed by atoms with E-state index in [-0.39, 0.29) is 33.3 Å². The van der Waals surface area contributed by atoms with E-state index in [0.29, 0.717) is 34.5 Å². The number of ether oxygens (including phenoxy) is 2. The predicted octanol–water partition coefficient (Wildman–Crippen LogP) is 10.3. The molecule has 0 atom stereocenters. The number of hydrogen-bond donors (Lipinski definition) is 0. The highest BCUT2D eigenvalue weighted by Crippen LogP contribution is 2.32. The molecule has 64 heavy (non-hydrogen) atoms. The van der Waals surface area contributed by atoms with E-state index in [1.807, 2.05) is 0 Å². The Balaban J connectivity index is 0.000000144. The average molecular weight is 888 g/mol. The molecule has 3 heterocycles. The van der Waals surface area contributed by atoms with Gasteiger partial charge in [0.2, 0.25) is 17.7 Å². The highest BCUT2D eigenvalue weighted by atomic mass is 19.4. The summed E-state index contributed by atoms with van der Waals surface area (Å²) in [6, 6.07) is 23.9. The van der Waals surface area contributed by atoms with Gasteiger partial charge in [-0.15, -0.1) is 0 Å². The molecule has 0 N–H and O–H groups in total. The first kappa shape index (κ1) is 43.9. The number of fused-ring (bicyclic) bond motifs is 3. The van der Waals surface area contributed by atoms with Gasteiger partial charge >= 0.3 is 23.1 Å². The van der Waals surface area contributed by atoms with Gasteiger partial charge in [-0.25, -0.2) is 51.3 Å². The molecular weight excluding hydrogens is 862 g/mol. The van der Waals surface area contributed by atoms with Crippen LogP contribution in [-0.2, 0) is 6.18 Å². The van der Waals surface area contributed by atoms with E-state index in [2.05, 4.69) is 15.0 Å². The maximum absolute atomic E-state index is 13.7. The number of halogens is 8. The molecule has 0 spiro atoms. The third kappa shape index (κ3) is 9.18. The topological polar surface area (TPSA) is 148 Å². The summed E-state index contributed by atoms with van der Waals surface area (Å²) in [5.74, 6) is -4.45. The van der Waals surface area contributed by atoms with Crippen LogP contribution in [0.1, 0.15) is 5.56 Å². The molecule has 19 heteroatoms. The summed E-state index contributed by atoms with van der Waals surface area (Å²) in [6.07, 6.45) is -4.64. The molecule has 11 nitrogen and oxygen atoms in total. The number of benzene rings is 6. The van der Waals surface area contributed by atoms with Crippen molar-refractivity contribution < 1.29 is 57.8 Å². The Kier molecular flexibility index (Phi) is 12.3. The molecule has 0 saturated heterocycles. The van der Waals surface area contributed by atoms with Crippen LogP contribution in [0, 0.1) is 29.1 Å². The zero-order valence-electron chi connectivity index (χ0n) is 32.6. The molecule has 0 aliphatic carbocycles. The van der Waals surface area contributed by atoms with Crippen molar-refractivity contribution in [3.8, 4) is 45.9 Å². The van der Waals surface area contributed by atoms with E-state index < -0.39 is 80.6 Å². The molecule has 6 aromatic carbocycles. The summed E-state index contributed by atoms with van der Waals surface area (Å²) in [4.78, 5) is 47.6. The zero-order chi connectivity index (χ0) is 45.9. The molecule has 9 rings (SSSR count). The fourth-order valence-electron chi connectivity index (χ4n) is 5.97. The lowest BCUT2D eigenvalue weighted by atomic mass is 10.1. The Morgan fingerprint density at radius 1 is 0.453 bits per heavy atom. The number of nitrogens with zero attached hydrogens (tertiary/aromatic N) is 3. The van der Waals surface area contributed by atoms with E-state index in [1.165, 1.54) is 44.6 Å². The van der Waals surface area contributed by atoms with Crippen LogP contribution in [0.2, 0.25) is 0 Å². The van der Waals surface area contributed by atoms with Crippen LogP contribution in [-0.4, -0.2) is 29.2 Å². The maximum atomic E-state index is 13.7. The van der Waals surface area contributed by atoms with Crippen molar-refractivity contribution in [3.05, 3.63) is 181 Å². The molecule has 0 radical (unpaired) electrons. The fourth-order valence-corrected chi connectivity index (χ4v) is 5.97. The zero-order valence-corrected chi connectivity index (χ0v) is 32.6. The van der Waals surface area contributed by atoms with E-state index >= 15 is 0 Å². The first-order valence-electron chi connectivity index (χ1n) is 18.2. The van der Waals surface area contributed by atoms with Crippen molar-refractivity contribution in [2.45, 2.75) is 6.18 Å². The standard InChI is InChI=1S/C15H6F5NO2.C15H9F2NO3.C15H10FNO3/c16-9-2-1-3-10(17)12(9)13-21-11-6-7(15(18,19)20)4-5-8(11)14(22)23-13;1-20-8-5-6-12-9(7-8)15(19)21-14(18-12)13-10(16)3-2-4-11(13)17;1-19-9-6-7-13-11(8-9)15(18)20-14(17-13)10-4-2-3-5-12(10)16/h1-6H;2-7H,1H3;2-8H,1H3. The molecule has 0 amide bonds. The number of hydrogen-bond acceptors (Lipinski definition) is 11. The molecule has 0 aliphatic heterocycles. The minimum Gasteiger partial charge on any atom is -0.497 e. The Bertz CT molecular complexity index is 3370. The smallest absolute Gasteiger partial charge is 0.416 e. The second-order valence-electron chi connectivity index (χ2n) is 13.1. The highest BCUT2D eigenvalue weighted by Gasteiger charge is 2.31. The normalized spacial score (nSPS) is 11.2. The highest BCUT2D eigenvalue weighted by molar-refractivity contribution is 5.82. The number of alkyl halides is 3. The second-order valence-corrected chi connectivity index (χ2v) is 13.1. The lowest BCUT2D eigenvalue weighted by Crippen LogP contribution is -2.08. The second kappa shape index (κ2) is 18.0. The Labute approximate surface area is 352 Å². The van der Waals surface area contributed by atoms with Gasteiger partial charge in [-0.05, 0) is 91.0 Å². The van der Waals surface area contributed by atoms with E-state index in [9.17, 15) is 49.5 Å². The number of rotatable bonds is 5. The van der Waals surface area contributed by atoms with E-state index in [1.54, 1.807) is 36.4 Å². The molecule has 0 fully saturated rings.